The van der Waals surface area contributed by atoms with Crippen molar-refractivity contribution in [1.29, 1.82) is 0 Å². The van der Waals surface area contributed by atoms with Gasteiger partial charge in [-0.25, -0.2) is 4.98 Å². The van der Waals surface area contributed by atoms with E-state index in [1.165, 1.54) is 0 Å². The Kier molecular flexibility index (Phi) is 8.77. The number of hydrogen-bond donors (Lipinski definition) is 2. The summed E-state index contributed by atoms with van der Waals surface area (Å²) < 4.78 is 11.4. The molecule has 1 heterocycles. The summed E-state index contributed by atoms with van der Waals surface area (Å²) in [7, 11) is 3.36. The fourth-order valence-electron chi connectivity index (χ4n) is 1.78. The van der Waals surface area contributed by atoms with Gasteiger partial charge in [0.2, 0.25) is 0 Å². The molecule has 20 heavy (non-hydrogen) atoms. The number of methoxy groups -OCH3 is 2. The first-order valence-electron chi connectivity index (χ1n) is 6.82. The minimum atomic E-state index is 0.0156. The van der Waals surface area contributed by atoms with Crippen LogP contribution in [-0.2, 0) is 16.0 Å². The third-order valence-corrected chi connectivity index (χ3v) is 3.29. The summed E-state index contributed by atoms with van der Waals surface area (Å²) in [5.74, 6) is 0.884. The molecule has 5 nitrogen and oxygen atoms in total. The highest BCUT2D eigenvalue weighted by atomic mass is 79.9. The van der Waals surface area contributed by atoms with E-state index in [4.69, 9.17) is 9.47 Å². The predicted molar refractivity (Wildman–Crippen MR) is 85.1 cm³/mol. The van der Waals surface area contributed by atoms with E-state index in [1.54, 1.807) is 20.4 Å². The summed E-state index contributed by atoms with van der Waals surface area (Å²) >= 11 is 3.46. The Bertz CT molecular complexity index is 391. The van der Waals surface area contributed by atoms with E-state index in [0.717, 1.165) is 35.4 Å². The SMILES string of the molecule is CCCNCc1cc(Br)cnc1NCC(COC)OC. The Hall–Kier alpha value is -0.690. The van der Waals surface area contributed by atoms with E-state index in [1.807, 2.05) is 0 Å². The van der Waals surface area contributed by atoms with Crippen LogP contribution in [0, 0.1) is 0 Å². The standard InChI is InChI=1S/C14H24BrN3O2/c1-4-5-16-7-11-6-12(15)8-17-14(11)18-9-13(20-3)10-19-2/h6,8,13,16H,4-5,7,9-10H2,1-3H3,(H,17,18). The normalized spacial score (nSPS) is 12.4. The maximum Gasteiger partial charge on any atom is 0.130 e. The van der Waals surface area contributed by atoms with Gasteiger partial charge in [-0.05, 0) is 35.0 Å². The lowest BCUT2D eigenvalue weighted by Gasteiger charge is -2.17. The van der Waals surface area contributed by atoms with Crippen molar-refractivity contribution in [2.24, 2.45) is 0 Å². The van der Waals surface area contributed by atoms with Gasteiger partial charge in [-0.2, -0.15) is 0 Å². The third-order valence-electron chi connectivity index (χ3n) is 2.86. The van der Waals surface area contributed by atoms with Gasteiger partial charge in [0.1, 0.15) is 5.82 Å². The molecule has 0 aromatic carbocycles. The largest absolute Gasteiger partial charge is 0.382 e. The van der Waals surface area contributed by atoms with Gasteiger partial charge in [0.25, 0.3) is 0 Å². The summed E-state index contributed by atoms with van der Waals surface area (Å²) in [6.45, 7) is 5.17. The van der Waals surface area contributed by atoms with E-state index in [2.05, 4.69) is 44.5 Å². The second-order valence-corrected chi connectivity index (χ2v) is 5.45. The highest BCUT2D eigenvalue weighted by Crippen LogP contribution is 2.18. The number of ether oxygens (including phenoxy) is 2. The number of hydrogen-bond acceptors (Lipinski definition) is 5. The lowest BCUT2D eigenvalue weighted by atomic mass is 10.2. The van der Waals surface area contributed by atoms with Crippen LogP contribution in [-0.4, -0.2) is 45.0 Å². The van der Waals surface area contributed by atoms with Crippen LogP contribution in [0.2, 0.25) is 0 Å². The molecule has 0 amide bonds. The molecule has 0 bridgehead atoms. The third kappa shape index (κ3) is 6.17. The van der Waals surface area contributed by atoms with Crippen LogP contribution in [0.4, 0.5) is 5.82 Å². The smallest absolute Gasteiger partial charge is 0.130 e. The topological polar surface area (TPSA) is 55.4 Å². The van der Waals surface area contributed by atoms with Gasteiger partial charge in [-0.15, -0.1) is 0 Å². The lowest BCUT2D eigenvalue weighted by Crippen LogP contribution is -2.27. The highest BCUT2D eigenvalue weighted by molar-refractivity contribution is 9.10. The van der Waals surface area contributed by atoms with Crippen molar-refractivity contribution < 1.29 is 9.47 Å². The van der Waals surface area contributed by atoms with E-state index >= 15 is 0 Å². The first-order valence-corrected chi connectivity index (χ1v) is 7.61. The number of nitrogens with one attached hydrogen (secondary N) is 2. The van der Waals surface area contributed by atoms with Gasteiger partial charge in [-0.3, -0.25) is 0 Å². The van der Waals surface area contributed by atoms with E-state index < -0.39 is 0 Å². The molecule has 0 spiro atoms. The maximum absolute atomic E-state index is 5.33. The van der Waals surface area contributed by atoms with Crippen molar-refractivity contribution in [3.8, 4) is 0 Å². The Labute approximate surface area is 129 Å². The zero-order valence-electron chi connectivity index (χ0n) is 12.4. The second-order valence-electron chi connectivity index (χ2n) is 4.53. The molecule has 1 aromatic rings. The monoisotopic (exact) mass is 345 g/mol. The van der Waals surface area contributed by atoms with Crippen LogP contribution in [0.25, 0.3) is 0 Å². The first-order chi connectivity index (χ1) is 9.71. The predicted octanol–water partition coefficient (Wildman–Crippen LogP) is 2.42. The second kappa shape index (κ2) is 10.1. The molecule has 0 aliphatic rings. The molecule has 0 radical (unpaired) electrons. The minimum absolute atomic E-state index is 0.0156. The van der Waals surface area contributed by atoms with Gasteiger partial charge in [-0.1, -0.05) is 6.92 Å². The number of nitrogens with zero attached hydrogens (tertiary/aromatic N) is 1. The Morgan fingerprint density at radius 3 is 2.85 bits per heavy atom. The van der Waals surface area contributed by atoms with Gasteiger partial charge in [0.15, 0.2) is 0 Å². The highest BCUT2D eigenvalue weighted by Gasteiger charge is 2.09. The van der Waals surface area contributed by atoms with Crippen molar-refractivity contribution in [2.45, 2.75) is 26.0 Å². The summed E-state index contributed by atoms with van der Waals surface area (Å²) in [4.78, 5) is 4.43. The fraction of sp³-hybridized carbons (Fsp3) is 0.643. The number of halogens is 1. The number of pyridine rings is 1. The summed E-state index contributed by atoms with van der Waals surface area (Å²) in [6.07, 6.45) is 2.93. The molecule has 1 unspecified atom stereocenters. The van der Waals surface area contributed by atoms with Crippen LogP contribution >= 0.6 is 15.9 Å². The quantitative estimate of drug-likeness (QED) is 0.638. The summed E-state index contributed by atoms with van der Waals surface area (Å²) in [5, 5.41) is 6.72. The van der Waals surface area contributed by atoms with Crippen molar-refractivity contribution in [3.05, 3.63) is 22.3 Å². The van der Waals surface area contributed by atoms with Gasteiger partial charge in [0.05, 0.1) is 12.7 Å². The maximum atomic E-state index is 5.33. The molecule has 0 aliphatic heterocycles. The molecular weight excluding hydrogens is 322 g/mol. The molecule has 1 rings (SSSR count). The molecule has 1 atom stereocenters. The molecule has 6 heteroatoms. The Morgan fingerprint density at radius 1 is 1.40 bits per heavy atom. The van der Waals surface area contributed by atoms with Crippen LogP contribution < -0.4 is 10.6 Å². The van der Waals surface area contributed by atoms with Crippen LogP contribution in [0.5, 0.6) is 0 Å². The van der Waals surface area contributed by atoms with Gasteiger partial charge < -0.3 is 20.1 Å². The van der Waals surface area contributed by atoms with Crippen molar-refractivity contribution in [1.82, 2.24) is 10.3 Å². The zero-order valence-corrected chi connectivity index (χ0v) is 14.0. The minimum Gasteiger partial charge on any atom is -0.382 e. The number of aromatic nitrogens is 1. The Morgan fingerprint density at radius 2 is 2.20 bits per heavy atom. The molecule has 2 N–H and O–H groups in total. The van der Waals surface area contributed by atoms with Crippen molar-refractivity contribution in [3.63, 3.8) is 0 Å². The molecule has 0 saturated carbocycles. The van der Waals surface area contributed by atoms with Crippen LogP contribution in [0.1, 0.15) is 18.9 Å². The van der Waals surface area contributed by atoms with Crippen molar-refractivity contribution in [2.75, 3.05) is 39.2 Å². The lowest BCUT2D eigenvalue weighted by molar-refractivity contribution is 0.0365. The molecule has 1 aromatic heterocycles. The number of anilines is 1. The van der Waals surface area contributed by atoms with Crippen LogP contribution in [0.15, 0.2) is 16.7 Å². The number of rotatable bonds is 10. The van der Waals surface area contributed by atoms with E-state index in [9.17, 15) is 0 Å². The zero-order chi connectivity index (χ0) is 14.8. The van der Waals surface area contributed by atoms with E-state index in [-0.39, 0.29) is 6.10 Å². The molecule has 0 aliphatic carbocycles. The Balaban J connectivity index is 2.62. The van der Waals surface area contributed by atoms with Gasteiger partial charge >= 0.3 is 0 Å². The van der Waals surface area contributed by atoms with Crippen molar-refractivity contribution >= 4 is 21.7 Å². The molecular formula is C14H24BrN3O2. The summed E-state index contributed by atoms with van der Waals surface area (Å²) in [6, 6.07) is 2.08. The molecule has 0 saturated heterocycles. The average molecular weight is 346 g/mol. The molecule has 114 valence electrons. The molecule has 0 fully saturated rings. The van der Waals surface area contributed by atoms with Crippen LogP contribution in [0.3, 0.4) is 0 Å². The first kappa shape index (κ1) is 17.4. The summed E-state index contributed by atoms with van der Waals surface area (Å²) in [5.41, 5.74) is 1.14. The fourth-order valence-corrected chi connectivity index (χ4v) is 2.16. The average Bonchev–Trinajstić information content (AvgIpc) is 2.45. The van der Waals surface area contributed by atoms with E-state index in [0.29, 0.717) is 13.2 Å². The van der Waals surface area contributed by atoms with Gasteiger partial charge in [0, 0.05) is 43.5 Å².